The summed E-state index contributed by atoms with van der Waals surface area (Å²) in [5.41, 5.74) is 1.19. The molecule has 3 heterocycles. The van der Waals surface area contributed by atoms with E-state index in [0.717, 1.165) is 57.6 Å². The third-order valence-electron chi connectivity index (χ3n) is 4.95. The molecule has 6 nitrogen and oxygen atoms in total. The number of hydrogen-bond acceptors (Lipinski definition) is 6. The van der Waals surface area contributed by atoms with Crippen LogP contribution in [0, 0.1) is 6.92 Å². The second-order valence-corrected chi connectivity index (χ2v) is 6.96. The predicted octanol–water partition coefficient (Wildman–Crippen LogP) is 1.07. The van der Waals surface area contributed by atoms with Gasteiger partial charge in [-0.1, -0.05) is 0 Å². The summed E-state index contributed by atoms with van der Waals surface area (Å²) in [4.78, 5) is 19.2. The minimum absolute atomic E-state index is 0.901. The van der Waals surface area contributed by atoms with E-state index in [1.165, 1.54) is 24.9 Å². The van der Waals surface area contributed by atoms with Gasteiger partial charge in [0.1, 0.15) is 5.82 Å². The summed E-state index contributed by atoms with van der Waals surface area (Å²) in [7, 11) is 4.40. The summed E-state index contributed by atoms with van der Waals surface area (Å²) in [5.74, 6) is 2.03. The Labute approximate surface area is 140 Å². The molecule has 1 aromatic rings. The van der Waals surface area contributed by atoms with Crippen LogP contribution in [0.3, 0.4) is 0 Å². The molecule has 0 saturated carbocycles. The molecule has 0 aromatic carbocycles. The van der Waals surface area contributed by atoms with Gasteiger partial charge < -0.3 is 19.6 Å². The third-order valence-corrected chi connectivity index (χ3v) is 4.95. The highest BCUT2D eigenvalue weighted by Crippen LogP contribution is 2.22. The molecular weight excluding hydrogens is 288 g/mol. The molecule has 0 atom stereocenters. The Morgan fingerprint density at radius 3 is 2.09 bits per heavy atom. The van der Waals surface area contributed by atoms with Gasteiger partial charge in [0, 0.05) is 51.0 Å². The first-order chi connectivity index (χ1) is 11.1. The molecule has 0 aliphatic carbocycles. The largest absolute Gasteiger partial charge is 0.355 e. The van der Waals surface area contributed by atoms with Crippen molar-refractivity contribution in [1.29, 1.82) is 0 Å². The molecule has 2 aliphatic heterocycles. The number of anilines is 2. The Bertz CT molecular complexity index is 520. The van der Waals surface area contributed by atoms with Crippen molar-refractivity contribution >= 4 is 11.8 Å². The zero-order valence-corrected chi connectivity index (χ0v) is 14.8. The van der Waals surface area contributed by atoms with Crippen molar-refractivity contribution in [3.8, 4) is 0 Å². The normalized spacial score (nSPS) is 22.0. The van der Waals surface area contributed by atoms with E-state index in [2.05, 4.69) is 45.6 Å². The molecule has 0 N–H and O–H groups in total. The Morgan fingerprint density at radius 1 is 0.783 bits per heavy atom. The molecular formula is C17H30N6. The Balaban J connectivity index is 1.78. The molecule has 3 rings (SSSR count). The van der Waals surface area contributed by atoms with Crippen molar-refractivity contribution in [1.82, 2.24) is 19.8 Å². The minimum atomic E-state index is 0.901. The van der Waals surface area contributed by atoms with E-state index in [1.54, 1.807) is 0 Å². The lowest BCUT2D eigenvalue weighted by molar-refractivity contribution is 0.360. The summed E-state index contributed by atoms with van der Waals surface area (Å²) < 4.78 is 0. The number of likely N-dealkylation sites (N-methyl/N-ethyl adjacent to an activating group) is 2. The topological polar surface area (TPSA) is 38.7 Å². The van der Waals surface area contributed by atoms with Gasteiger partial charge in [-0.25, -0.2) is 4.98 Å². The molecule has 1 aromatic heterocycles. The lowest BCUT2D eigenvalue weighted by atomic mass is 10.3. The zero-order chi connectivity index (χ0) is 16.2. The van der Waals surface area contributed by atoms with Crippen molar-refractivity contribution in [3.05, 3.63) is 11.8 Å². The second-order valence-electron chi connectivity index (χ2n) is 6.96. The molecule has 2 fully saturated rings. The summed E-state index contributed by atoms with van der Waals surface area (Å²) >= 11 is 0. The van der Waals surface area contributed by atoms with E-state index in [-0.39, 0.29) is 0 Å². The van der Waals surface area contributed by atoms with Crippen LogP contribution in [0.2, 0.25) is 0 Å². The molecule has 0 amide bonds. The predicted molar refractivity (Wildman–Crippen MR) is 95.4 cm³/mol. The number of aryl methyl sites for hydroxylation is 1. The Hall–Kier alpha value is -1.40. The smallest absolute Gasteiger partial charge is 0.227 e. The summed E-state index contributed by atoms with van der Waals surface area (Å²) in [6, 6.07) is 0. The number of nitrogens with zero attached hydrogens (tertiary/aromatic N) is 6. The second kappa shape index (κ2) is 7.45. The van der Waals surface area contributed by atoms with Gasteiger partial charge in [-0.3, -0.25) is 0 Å². The first-order valence-corrected chi connectivity index (χ1v) is 8.84. The molecule has 2 aliphatic rings. The summed E-state index contributed by atoms with van der Waals surface area (Å²) in [5, 5.41) is 0. The molecule has 0 unspecified atom stereocenters. The van der Waals surface area contributed by atoms with Crippen molar-refractivity contribution in [2.75, 3.05) is 76.3 Å². The fourth-order valence-electron chi connectivity index (χ4n) is 3.40. The third kappa shape index (κ3) is 4.12. The minimum Gasteiger partial charge on any atom is -0.355 e. The van der Waals surface area contributed by atoms with Gasteiger partial charge in [0.2, 0.25) is 5.95 Å². The van der Waals surface area contributed by atoms with Crippen molar-refractivity contribution < 1.29 is 0 Å². The lowest BCUT2D eigenvalue weighted by Crippen LogP contribution is -2.33. The Kier molecular flexibility index (Phi) is 5.33. The van der Waals surface area contributed by atoms with Gasteiger partial charge in [0.15, 0.2) is 0 Å². The standard InChI is InChI=1S/C17H30N6/c1-15-14-18-17(23-9-5-7-21(3)11-13-23)19-16(15)22-8-4-6-20(2)10-12-22/h14H,4-13H2,1-3H3. The number of aromatic nitrogens is 2. The summed E-state index contributed by atoms with van der Waals surface area (Å²) in [6.45, 7) is 10.9. The van der Waals surface area contributed by atoms with Crippen molar-refractivity contribution in [2.45, 2.75) is 19.8 Å². The molecule has 128 valence electrons. The van der Waals surface area contributed by atoms with Crippen LogP contribution < -0.4 is 9.80 Å². The molecule has 0 spiro atoms. The van der Waals surface area contributed by atoms with Crippen molar-refractivity contribution in [2.24, 2.45) is 0 Å². The molecule has 2 saturated heterocycles. The fraction of sp³-hybridized carbons (Fsp3) is 0.765. The van der Waals surface area contributed by atoms with E-state index in [1.807, 2.05) is 6.20 Å². The molecule has 0 bridgehead atoms. The van der Waals surface area contributed by atoms with Gasteiger partial charge in [0.05, 0.1) is 0 Å². The average molecular weight is 318 g/mol. The SMILES string of the molecule is Cc1cnc(N2CCCN(C)CC2)nc1N1CCCN(C)CC1. The molecule has 0 radical (unpaired) electrons. The fourth-order valence-corrected chi connectivity index (χ4v) is 3.40. The Morgan fingerprint density at radius 2 is 1.39 bits per heavy atom. The van der Waals surface area contributed by atoms with E-state index in [9.17, 15) is 0 Å². The summed E-state index contributed by atoms with van der Waals surface area (Å²) in [6.07, 6.45) is 4.38. The first kappa shape index (κ1) is 16.5. The van der Waals surface area contributed by atoms with Crippen LogP contribution in [0.4, 0.5) is 11.8 Å². The van der Waals surface area contributed by atoms with E-state index < -0.39 is 0 Å². The van der Waals surface area contributed by atoms with Crippen LogP contribution in [0.5, 0.6) is 0 Å². The zero-order valence-electron chi connectivity index (χ0n) is 14.8. The highest BCUT2D eigenvalue weighted by molar-refractivity contribution is 5.50. The van der Waals surface area contributed by atoms with Crippen LogP contribution in [-0.4, -0.2) is 86.2 Å². The van der Waals surface area contributed by atoms with Crippen LogP contribution in [0.25, 0.3) is 0 Å². The van der Waals surface area contributed by atoms with E-state index >= 15 is 0 Å². The highest BCUT2D eigenvalue weighted by Gasteiger charge is 2.19. The first-order valence-electron chi connectivity index (χ1n) is 8.84. The maximum Gasteiger partial charge on any atom is 0.227 e. The molecule has 6 heteroatoms. The lowest BCUT2D eigenvalue weighted by Gasteiger charge is -2.26. The van der Waals surface area contributed by atoms with Gasteiger partial charge in [-0.05, 0) is 47.0 Å². The van der Waals surface area contributed by atoms with Crippen LogP contribution >= 0.6 is 0 Å². The van der Waals surface area contributed by atoms with Crippen LogP contribution in [-0.2, 0) is 0 Å². The van der Waals surface area contributed by atoms with E-state index in [0.29, 0.717) is 0 Å². The monoisotopic (exact) mass is 318 g/mol. The van der Waals surface area contributed by atoms with Gasteiger partial charge in [-0.2, -0.15) is 4.98 Å². The average Bonchev–Trinajstić information content (AvgIpc) is 2.88. The molecule has 23 heavy (non-hydrogen) atoms. The highest BCUT2D eigenvalue weighted by atomic mass is 15.3. The quantitative estimate of drug-likeness (QED) is 0.812. The van der Waals surface area contributed by atoms with E-state index in [4.69, 9.17) is 4.98 Å². The van der Waals surface area contributed by atoms with Crippen LogP contribution in [0.15, 0.2) is 6.20 Å². The van der Waals surface area contributed by atoms with Gasteiger partial charge in [-0.15, -0.1) is 0 Å². The van der Waals surface area contributed by atoms with Gasteiger partial charge >= 0.3 is 0 Å². The van der Waals surface area contributed by atoms with Gasteiger partial charge in [0.25, 0.3) is 0 Å². The van der Waals surface area contributed by atoms with Crippen molar-refractivity contribution in [3.63, 3.8) is 0 Å². The maximum absolute atomic E-state index is 4.96. The maximum atomic E-state index is 4.96. The number of hydrogen-bond donors (Lipinski definition) is 0. The van der Waals surface area contributed by atoms with Crippen LogP contribution in [0.1, 0.15) is 18.4 Å². The number of rotatable bonds is 2.